The largest absolute Gasteiger partial charge is 0.502 e. The van der Waals surface area contributed by atoms with E-state index in [0.717, 1.165) is 29.7 Å². The van der Waals surface area contributed by atoms with Crippen LogP contribution in [-0.2, 0) is 16.0 Å². The number of aliphatic hydroxyl groups excluding tert-OH is 1. The van der Waals surface area contributed by atoms with Crippen molar-refractivity contribution in [3.63, 3.8) is 0 Å². The first-order valence-corrected chi connectivity index (χ1v) is 9.21. The van der Waals surface area contributed by atoms with E-state index in [1.54, 1.807) is 36.4 Å². The van der Waals surface area contributed by atoms with Crippen LogP contribution in [-0.4, -0.2) is 23.5 Å². The summed E-state index contributed by atoms with van der Waals surface area (Å²) in [6.07, 6.45) is 3.15. The van der Waals surface area contributed by atoms with Crippen molar-refractivity contribution < 1.29 is 19.4 Å². The molecular formula is C22H23NO4. The average Bonchev–Trinajstić information content (AvgIpc) is 2.90. The lowest BCUT2D eigenvalue weighted by atomic mass is 10.1. The molecule has 140 valence electrons. The molecule has 0 atom stereocenters. The highest BCUT2D eigenvalue weighted by atomic mass is 16.5. The number of aliphatic hydroxyl groups is 1. The number of carbonyl (C=O) groups is 2. The number of benzene rings is 2. The molecule has 5 heteroatoms. The highest BCUT2D eigenvalue weighted by molar-refractivity contribution is 6.44. The molecule has 1 aliphatic rings. The summed E-state index contributed by atoms with van der Waals surface area (Å²) in [5.41, 5.74) is 2.11. The maximum absolute atomic E-state index is 12.9. The molecule has 5 nitrogen and oxygen atoms in total. The summed E-state index contributed by atoms with van der Waals surface area (Å²) < 4.78 is 5.39. The van der Waals surface area contributed by atoms with E-state index >= 15 is 0 Å². The van der Waals surface area contributed by atoms with Gasteiger partial charge >= 0.3 is 5.91 Å². The van der Waals surface area contributed by atoms with E-state index in [0.29, 0.717) is 23.6 Å². The Hall–Kier alpha value is -3.08. The number of imide groups is 1. The second kappa shape index (κ2) is 8.08. The van der Waals surface area contributed by atoms with E-state index in [9.17, 15) is 14.7 Å². The molecule has 0 aliphatic carbocycles. The molecule has 2 aromatic carbocycles. The van der Waals surface area contributed by atoms with Crippen LogP contribution >= 0.6 is 0 Å². The Balaban J connectivity index is 1.85. The van der Waals surface area contributed by atoms with Crippen LogP contribution in [0.4, 0.5) is 5.69 Å². The first kappa shape index (κ1) is 18.7. The Labute approximate surface area is 158 Å². The van der Waals surface area contributed by atoms with Gasteiger partial charge in [0.25, 0.3) is 5.91 Å². The average molecular weight is 365 g/mol. The summed E-state index contributed by atoms with van der Waals surface area (Å²) in [7, 11) is 0. The number of nitrogens with zero attached hydrogens (tertiary/aromatic N) is 1. The Kier molecular flexibility index (Phi) is 5.60. The topological polar surface area (TPSA) is 66.8 Å². The van der Waals surface area contributed by atoms with Gasteiger partial charge in [0.05, 0.1) is 17.9 Å². The van der Waals surface area contributed by atoms with Crippen LogP contribution in [0.25, 0.3) is 5.57 Å². The first-order chi connectivity index (χ1) is 13.1. The van der Waals surface area contributed by atoms with Gasteiger partial charge in [-0.05, 0) is 55.2 Å². The molecule has 3 rings (SSSR count). The molecule has 1 heterocycles. The van der Waals surface area contributed by atoms with Gasteiger partial charge in [0.15, 0.2) is 5.76 Å². The van der Waals surface area contributed by atoms with Gasteiger partial charge in [0.1, 0.15) is 5.75 Å². The zero-order valence-electron chi connectivity index (χ0n) is 15.6. The number of unbranched alkanes of at least 4 members (excludes halogenated alkanes) is 1. The minimum Gasteiger partial charge on any atom is -0.502 e. The molecule has 0 saturated heterocycles. The van der Waals surface area contributed by atoms with E-state index in [2.05, 4.69) is 6.92 Å². The van der Waals surface area contributed by atoms with Gasteiger partial charge in [0.2, 0.25) is 0 Å². The fourth-order valence-corrected chi connectivity index (χ4v) is 3.09. The highest BCUT2D eigenvalue weighted by Crippen LogP contribution is 2.32. The van der Waals surface area contributed by atoms with Crippen LogP contribution in [0.5, 0.6) is 5.75 Å². The van der Waals surface area contributed by atoms with Crippen molar-refractivity contribution in [1.82, 2.24) is 0 Å². The third-order valence-electron chi connectivity index (χ3n) is 4.53. The van der Waals surface area contributed by atoms with Crippen LogP contribution < -0.4 is 9.64 Å². The van der Waals surface area contributed by atoms with Crippen LogP contribution in [0.1, 0.15) is 37.8 Å². The van der Waals surface area contributed by atoms with E-state index in [4.69, 9.17) is 4.74 Å². The molecular weight excluding hydrogens is 342 g/mol. The Morgan fingerprint density at radius 2 is 1.59 bits per heavy atom. The second-order valence-corrected chi connectivity index (χ2v) is 6.40. The summed E-state index contributed by atoms with van der Waals surface area (Å²) in [6.45, 7) is 4.55. The summed E-state index contributed by atoms with van der Waals surface area (Å²) in [6, 6.07) is 14.1. The number of carbonyl (C=O) groups excluding carboxylic acids is 2. The molecule has 0 radical (unpaired) electrons. The molecule has 1 aliphatic heterocycles. The maximum atomic E-state index is 12.9. The van der Waals surface area contributed by atoms with Crippen molar-refractivity contribution in [3.05, 3.63) is 65.4 Å². The van der Waals surface area contributed by atoms with Gasteiger partial charge in [-0.15, -0.1) is 0 Å². The number of aryl methyl sites for hydroxylation is 1. The van der Waals surface area contributed by atoms with Crippen molar-refractivity contribution in [2.45, 2.75) is 33.1 Å². The third kappa shape index (κ3) is 3.72. The predicted octanol–water partition coefficient (Wildman–Crippen LogP) is 4.27. The first-order valence-electron chi connectivity index (χ1n) is 9.21. The van der Waals surface area contributed by atoms with Crippen LogP contribution in [0, 0.1) is 0 Å². The zero-order chi connectivity index (χ0) is 19.4. The Bertz CT molecular complexity index is 866. The van der Waals surface area contributed by atoms with Crippen LogP contribution in [0.15, 0.2) is 54.3 Å². The molecule has 1 N–H and O–H groups in total. The predicted molar refractivity (Wildman–Crippen MR) is 105 cm³/mol. The molecule has 0 fully saturated rings. The smallest absolute Gasteiger partial charge is 0.301 e. The van der Waals surface area contributed by atoms with Crippen molar-refractivity contribution in [2.75, 3.05) is 11.5 Å². The van der Waals surface area contributed by atoms with Crippen LogP contribution in [0.2, 0.25) is 0 Å². The standard InChI is InChI=1S/C22H23NO4/c1-3-5-6-15-7-11-17(12-8-15)23-21(25)19(20(24)22(23)26)16-9-13-18(14-10-16)27-4-2/h7-14,24H,3-6H2,1-2H3. The fourth-order valence-electron chi connectivity index (χ4n) is 3.09. The second-order valence-electron chi connectivity index (χ2n) is 6.40. The van der Waals surface area contributed by atoms with Gasteiger partial charge < -0.3 is 9.84 Å². The molecule has 2 aromatic rings. The molecule has 0 spiro atoms. The minimum atomic E-state index is -0.704. The van der Waals surface area contributed by atoms with E-state index in [1.165, 1.54) is 0 Å². The van der Waals surface area contributed by atoms with Crippen molar-refractivity contribution >= 4 is 23.1 Å². The molecule has 0 saturated carbocycles. The van der Waals surface area contributed by atoms with Gasteiger partial charge in [-0.2, -0.15) is 0 Å². The SMILES string of the molecule is CCCCc1ccc(N2C(=O)C(O)=C(c3ccc(OCC)cc3)C2=O)cc1. The normalized spacial score (nSPS) is 14.2. The van der Waals surface area contributed by atoms with Gasteiger partial charge in [-0.1, -0.05) is 37.6 Å². The molecule has 0 unspecified atom stereocenters. The number of anilines is 1. The van der Waals surface area contributed by atoms with Gasteiger partial charge in [0, 0.05) is 0 Å². The van der Waals surface area contributed by atoms with Crippen LogP contribution in [0.3, 0.4) is 0 Å². The number of amides is 2. The highest BCUT2D eigenvalue weighted by Gasteiger charge is 2.40. The van der Waals surface area contributed by atoms with Gasteiger partial charge in [-0.25, -0.2) is 4.90 Å². The lowest BCUT2D eigenvalue weighted by molar-refractivity contribution is -0.121. The van der Waals surface area contributed by atoms with E-state index in [-0.39, 0.29) is 5.57 Å². The zero-order valence-corrected chi connectivity index (χ0v) is 15.6. The molecule has 0 bridgehead atoms. The van der Waals surface area contributed by atoms with E-state index < -0.39 is 17.6 Å². The fraction of sp³-hybridized carbons (Fsp3) is 0.273. The summed E-state index contributed by atoms with van der Waals surface area (Å²) in [5, 5.41) is 10.3. The quantitative estimate of drug-likeness (QED) is 0.744. The van der Waals surface area contributed by atoms with Crippen molar-refractivity contribution in [2.24, 2.45) is 0 Å². The maximum Gasteiger partial charge on any atom is 0.301 e. The lowest BCUT2D eigenvalue weighted by Crippen LogP contribution is -2.31. The Morgan fingerprint density at radius 3 is 2.19 bits per heavy atom. The summed E-state index contributed by atoms with van der Waals surface area (Å²) in [4.78, 5) is 26.4. The molecule has 0 aromatic heterocycles. The monoisotopic (exact) mass is 365 g/mol. The van der Waals surface area contributed by atoms with Gasteiger partial charge in [-0.3, -0.25) is 9.59 Å². The summed E-state index contributed by atoms with van der Waals surface area (Å²) >= 11 is 0. The number of hydrogen-bond acceptors (Lipinski definition) is 4. The third-order valence-corrected chi connectivity index (χ3v) is 4.53. The number of rotatable bonds is 7. The number of hydrogen-bond donors (Lipinski definition) is 1. The minimum absolute atomic E-state index is 0.0121. The molecule has 2 amide bonds. The lowest BCUT2D eigenvalue weighted by Gasteiger charge is -2.15. The molecule has 27 heavy (non-hydrogen) atoms. The number of ether oxygens (including phenoxy) is 1. The van der Waals surface area contributed by atoms with Crippen molar-refractivity contribution in [1.29, 1.82) is 0 Å². The Morgan fingerprint density at radius 1 is 0.926 bits per heavy atom. The van der Waals surface area contributed by atoms with Crippen molar-refractivity contribution in [3.8, 4) is 5.75 Å². The summed E-state index contributed by atoms with van der Waals surface area (Å²) in [5.74, 6) is -1.09. The van der Waals surface area contributed by atoms with E-state index in [1.807, 2.05) is 19.1 Å².